The van der Waals surface area contributed by atoms with Crippen LogP contribution in [0, 0.1) is 0 Å². The first-order valence-electron chi connectivity index (χ1n) is 3.74. The summed E-state index contributed by atoms with van der Waals surface area (Å²) in [5, 5.41) is 2.67. The summed E-state index contributed by atoms with van der Waals surface area (Å²) in [7, 11) is 0. The maximum Gasteiger partial charge on any atom is 0.239 e. The molecule has 0 fully saturated rings. The van der Waals surface area contributed by atoms with Crippen molar-refractivity contribution in [2.45, 2.75) is 6.42 Å². The Morgan fingerprint density at radius 1 is 1.69 bits per heavy atom. The maximum atomic E-state index is 11.0. The molecule has 1 aliphatic rings. The van der Waals surface area contributed by atoms with Crippen molar-refractivity contribution in [1.29, 1.82) is 0 Å². The van der Waals surface area contributed by atoms with E-state index in [1.54, 1.807) is 6.08 Å². The molecule has 0 atom stereocenters. The maximum absolute atomic E-state index is 11.0. The van der Waals surface area contributed by atoms with Crippen LogP contribution in [0.4, 0.5) is 0 Å². The number of carbonyl (C=O) groups is 1. The molecule has 0 aliphatic heterocycles. The van der Waals surface area contributed by atoms with Crippen LogP contribution >= 0.6 is 27.5 Å². The number of carbonyl (C=O) groups excluding carboxylic acids is 1. The zero-order valence-corrected chi connectivity index (χ0v) is 9.28. The van der Waals surface area contributed by atoms with Gasteiger partial charge in [-0.25, -0.2) is 0 Å². The Balaban J connectivity index is 2.70. The molecular weight excluding hydrogens is 253 g/mol. The second-order valence-electron chi connectivity index (χ2n) is 2.67. The SMILES string of the molecule is C=C1C=CC(NC(=O)CCl)=C(Br)C1. The zero-order chi connectivity index (χ0) is 9.84. The lowest BCUT2D eigenvalue weighted by atomic mass is 10.1. The zero-order valence-electron chi connectivity index (χ0n) is 6.94. The van der Waals surface area contributed by atoms with Gasteiger partial charge in [-0.2, -0.15) is 0 Å². The predicted molar refractivity (Wildman–Crippen MR) is 57.7 cm³/mol. The lowest BCUT2D eigenvalue weighted by Gasteiger charge is -2.12. The Hall–Kier alpha value is -0.540. The summed E-state index contributed by atoms with van der Waals surface area (Å²) in [6, 6.07) is 0. The number of amides is 1. The largest absolute Gasteiger partial charge is 0.324 e. The van der Waals surface area contributed by atoms with E-state index in [-0.39, 0.29) is 11.8 Å². The minimum atomic E-state index is -0.203. The van der Waals surface area contributed by atoms with Crippen molar-refractivity contribution in [3.05, 3.63) is 34.5 Å². The first-order chi connectivity index (χ1) is 6.13. The lowest BCUT2D eigenvalue weighted by molar-refractivity contribution is -0.117. The Kier molecular flexibility index (Phi) is 3.75. The van der Waals surface area contributed by atoms with E-state index in [0.29, 0.717) is 0 Å². The van der Waals surface area contributed by atoms with Crippen LogP contribution in [0.3, 0.4) is 0 Å². The van der Waals surface area contributed by atoms with Gasteiger partial charge in [0.15, 0.2) is 0 Å². The van der Waals surface area contributed by atoms with Crippen molar-refractivity contribution in [3.8, 4) is 0 Å². The fourth-order valence-electron chi connectivity index (χ4n) is 0.938. The highest BCUT2D eigenvalue weighted by molar-refractivity contribution is 9.11. The second-order valence-corrected chi connectivity index (χ2v) is 3.89. The molecule has 0 radical (unpaired) electrons. The van der Waals surface area contributed by atoms with Gasteiger partial charge in [-0.05, 0) is 6.08 Å². The number of alkyl halides is 1. The number of hydrogen-bond donors (Lipinski definition) is 1. The van der Waals surface area contributed by atoms with Gasteiger partial charge in [0.2, 0.25) is 5.91 Å². The molecule has 1 rings (SSSR count). The number of hydrogen-bond acceptors (Lipinski definition) is 1. The first-order valence-corrected chi connectivity index (χ1v) is 5.06. The third-order valence-electron chi connectivity index (χ3n) is 1.56. The van der Waals surface area contributed by atoms with Gasteiger partial charge in [0.05, 0.1) is 5.70 Å². The third kappa shape index (κ3) is 3.01. The van der Waals surface area contributed by atoms with Gasteiger partial charge in [0, 0.05) is 10.9 Å². The van der Waals surface area contributed by atoms with E-state index < -0.39 is 0 Å². The highest BCUT2D eigenvalue weighted by Gasteiger charge is 2.09. The van der Waals surface area contributed by atoms with E-state index in [2.05, 4.69) is 27.8 Å². The van der Waals surface area contributed by atoms with Crippen molar-refractivity contribution in [1.82, 2.24) is 5.32 Å². The third-order valence-corrected chi connectivity index (χ3v) is 2.51. The van der Waals surface area contributed by atoms with Crippen LogP contribution in [0.15, 0.2) is 34.5 Å². The minimum absolute atomic E-state index is 0.0292. The summed E-state index contributed by atoms with van der Waals surface area (Å²) in [6.45, 7) is 3.81. The Morgan fingerprint density at radius 3 is 2.92 bits per heavy atom. The van der Waals surface area contributed by atoms with E-state index in [4.69, 9.17) is 11.6 Å². The Morgan fingerprint density at radius 2 is 2.38 bits per heavy atom. The van der Waals surface area contributed by atoms with Crippen molar-refractivity contribution in [3.63, 3.8) is 0 Å². The van der Waals surface area contributed by atoms with Gasteiger partial charge in [-0.1, -0.05) is 34.2 Å². The molecule has 0 spiro atoms. The Labute approximate surface area is 90.5 Å². The van der Waals surface area contributed by atoms with Crippen LogP contribution in [0.5, 0.6) is 0 Å². The van der Waals surface area contributed by atoms with Crippen molar-refractivity contribution in [2.24, 2.45) is 0 Å². The fourth-order valence-corrected chi connectivity index (χ4v) is 1.60. The molecule has 0 unspecified atom stereocenters. The lowest BCUT2D eigenvalue weighted by Crippen LogP contribution is -2.24. The van der Waals surface area contributed by atoms with Gasteiger partial charge < -0.3 is 5.32 Å². The molecule has 1 aliphatic carbocycles. The summed E-state index contributed by atoms with van der Waals surface area (Å²) in [5.41, 5.74) is 1.77. The number of rotatable bonds is 2. The van der Waals surface area contributed by atoms with Crippen molar-refractivity contribution >= 4 is 33.4 Å². The number of halogens is 2. The van der Waals surface area contributed by atoms with Gasteiger partial charge in [-0.15, -0.1) is 11.6 Å². The van der Waals surface area contributed by atoms with Crippen LogP contribution in [0.25, 0.3) is 0 Å². The van der Waals surface area contributed by atoms with E-state index in [0.717, 1.165) is 22.2 Å². The molecule has 2 nitrogen and oxygen atoms in total. The van der Waals surface area contributed by atoms with Gasteiger partial charge in [0.1, 0.15) is 5.88 Å². The van der Waals surface area contributed by atoms with Crippen LogP contribution in [-0.2, 0) is 4.79 Å². The predicted octanol–water partition coefficient (Wildman–Crippen LogP) is 2.46. The molecule has 0 aromatic rings. The second kappa shape index (κ2) is 4.63. The fraction of sp³-hybridized carbons (Fsp3) is 0.222. The normalized spacial score (nSPS) is 16.3. The minimum Gasteiger partial charge on any atom is -0.324 e. The van der Waals surface area contributed by atoms with Crippen molar-refractivity contribution in [2.75, 3.05) is 5.88 Å². The quantitative estimate of drug-likeness (QED) is 0.761. The summed E-state index contributed by atoms with van der Waals surface area (Å²) >= 11 is 8.72. The highest BCUT2D eigenvalue weighted by Crippen LogP contribution is 2.25. The van der Waals surface area contributed by atoms with Crippen LogP contribution in [0.1, 0.15) is 6.42 Å². The smallest absolute Gasteiger partial charge is 0.239 e. The molecule has 0 aromatic carbocycles. The molecule has 0 bridgehead atoms. The van der Waals surface area contributed by atoms with Gasteiger partial charge in [-0.3, -0.25) is 4.79 Å². The highest BCUT2D eigenvalue weighted by atomic mass is 79.9. The van der Waals surface area contributed by atoms with E-state index in [1.165, 1.54) is 0 Å². The van der Waals surface area contributed by atoms with Gasteiger partial charge >= 0.3 is 0 Å². The molecule has 70 valence electrons. The number of allylic oxidation sites excluding steroid dienone is 4. The molecular formula is C9H9BrClNO. The molecule has 0 heterocycles. The molecule has 0 aromatic heterocycles. The summed E-state index contributed by atoms with van der Waals surface area (Å²) in [6.07, 6.45) is 4.41. The topological polar surface area (TPSA) is 29.1 Å². The van der Waals surface area contributed by atoms with Crippen LogP contribution < -0.4 is 5.32 Å². The molecule has 1 amide bonds. The van der Waals surface area contributed by atoms with Crippen molar-refractivity contribution < 1.29 is 4.79 Å². The van der Waals surface area contributed by atoms with E-state index in [9.17, 15) is 4.79 Å². The molecule has 1 N–H and O–H groups in total. The van der Waals surface area contributed by atoms with Crippen LogP contribution in [-0.4, -0.2) is 11.8 Å². The number of nitrogens with one attached hydrogen (secondary N) is 1. The Bertz CT molecular complexity index is 307. The van der Waals surface area contributed by atoms with Gasteiger partial charge in [0.25, 0.3) is 0 Å². The standard InChI is InChI=1S/C9H9BrClNO/c1-6-2-3-8(7(10)4-6)12-9(13)5-11/h2-3H,1,4-5H2,(H,12,13). The monoisotopic (exact) mass is 261 g/mol. The van der Waals surface area contributed by atoms with Crippen LogP contribution in [0.2, 0.25) is 0 Å². The molecule has 0 saturated heterocycles. The first kappa shape index (κ1) is 10.5. The summed E-state index contributed by atoms with van der Waals surface area (Å²) < 4.78 is 0.929. The average molecular weight is 263 g/mol. The average Bonchev–Trinajstić information content (AvgIpc) is 2.09. The van der Waals surface area contributed by atoms with E-state index in [1.807, 2.05) is 6.08 Å². The molecule has 4 heteroatoms. The molecule has 0 saturated carbocycles. The molecule has 13 heavy (non-hydrogen) atoms. The summed E-state index contributed by atoms with van der Waals surface area (Å²) in [4.78, 5) is 11.0. The summed E-state index contributed by atoms with van der Waals surface area (Å²) in [5.74, 6) is -0.232. The van der Waals surface area contributed by atoms with E-state index >= 15 is 0 Å².